The molecular weight excluding hydrogens is 420 g/mol. The summed E-state index contributed by atoms with van der Waals surface area (Å²) in [5.74, 6) is -0.647. The van der Waals surface area contributed by atoms with Crippen LogP contribution in [-0.4, -0.2) is 30.6 Å². The van der Waals surface area contributed by atoms with E-state index >= 15 is 0 Å². The molecule has 0 aliphatic carbocycles. The molecule has 160 valence electrons. The molecule has 1 N–H and O–H groups in total. The van der Waals surface area contributed by atoms with Gasteiger partial charge in [-0.15, -0.1) is 0 Å². The lowest BCUT2D eigenvalue weighted by molar-refractivity contribution is -0.125. The van der Waals surface area contributed by atoms with Crippen molar-refractivity contribution in [2.75, 3.05) is 19.0 Å². The SMILES string of the molecule is CCOc1ncccc1C(=O)OC(C(=O)Nc1ccc(OC)c(Cl)c1)c1ccccc1. The lowest BCUT2D eigenvalue weighted by Gasteiger charge is -2.19. The zero-order valence-corrected chi connectivity index (χ0v) is 17.8. The highest BCUT2D eigenvalue weighted by molar-refractivity contribution is 6.32. The van der Waals surface area contributed by atoms with E-state index in [1.807, 2.05) is 0 Å². The van der Waals surface area contributed by atoms with E-state index < -0.39 is 18.0 Å². The Bertz CT molecular complexity index is 1060. The van der Waals surface area contributed by atoms with Crippen molar-refractivity contribution in [1.82, 2.24) is 4.98 Å². The van der Waals surface area contributed by atoms with Crippen molar-refractivity contribution in [3.63, 3.8) is 0 Å². The number of hydrogen-bond donors (Lipinski definition) is 1. The van der Waals surface area contributed by atoms with Gasteiger partial charge in [-0.3, -0.25) is 4.79 Å². The predicted octanol–water partition coefficient (Wildman–Crippen LogP) is 4.68. The fourth-order valence-corrected chi connectivity index (χ4v) is 3.08. The van der Waals surface area contributed by atoms with Crippen LogP contribution in [0.5, 0.6) is 11.6 Å². The Balaban J connectivity index is 1.86. The maximum atomic E-state index is 13.0. The fourth-order valence-electron chi connectivity index (χ4n) is 2.82. The zero-order chi connectivity index (χ0) is 22.2. The maximum absolute atomic E-state index is 13.0. The molecule has 7 nitrogen and oxygen atoms in total. The van der Waals surface area contributed by atoms with Gasteiger partial charge in [0.25, 0.3) is 5.91 Å². The molecule has 3 aromatic rings. The number of nitrogens with zero attached hydrogens (tertiary/aromatic N) is 1. The van der Waals surface area contributed by atoms with E-state index in [0.717, 1.165) is 0 Å². The lowest BCUT2D eigenvalue weighted by atomic mass is 10.1. The summed E-state index contributed by atoms with van der Waals surface area (Å²) in [6.45, 7) is 2.11. The van der Waals surface area contributed by atoms with Gasteiger partial charge in [0.15, 0.2) is 0 Å². The summed E-state index contributed by atoms with van der Waals surface area (Å²) in [5.41, 5.74) is 1.07. The molecule has 0 radical (unpaired) electrons. The summed E-state index contributed by atoms with van der Waals surface area (Å²) in [6, 6.07) is 16.7. The number of methoxy groups -OCH3 is 1. The van der Waals surface area contributed by atoms with Gasteiger partial charge in [0.2, 0.25) is 12.0 Å². The minimum atomic E-state index is -1.20. The van der Waals surface area contributed by atoms with E-state index in [-0.39, 0.29) is 11.4 Å². The van der Waals surface area contributed by atoms with Crippen LogP contribution in [0.25, 0.3) is 0 Å². The summed E-state index contributed by atoms with van der Waals surface area (Å²) >= 11 is 6.14. The third kappa shape index (κ3) is 5.52. The predicted molar refractivity (Wildman–Crippen MR) is 117 cm³/mol. The van der Waals surface area contributed by atoms with Crippen LogP contribution in [0.1, 0.15) is 28.9 Å². The monoisotopic (exact) mass is 440 g/mol. The molecule has 31 heavy (non-hydrogen) atoms. The number of amides is 1. The summed E-state index contributed by atoms with van der Waals surface area (Å²) < 4.78 is 16.1. The summed E-state index contributed by atoms with van der Waals surface area (Å²) in [5, 5.41) is 3.06. The van der Waals surface area contributed by atoms with E-state index in [9.17, 15) is 9.59 Å². The molecule has 0 saturated carbocycles. The first-order valence-electron chi connectivity index (χ1n) is 9.51. The molecule has 1 unspecified atom stereocenters. The van der Waals surface area contributed by atoms with Crippen molar-refractivity contribution >= 4 is 29.2 Å². The van der Waals surface area contributed by atoms with Crippen LogP contribution >= 0.6 is 11.6 Å². The first kappa shape index (κ1) is 22.1. The lowest BCUT2D eigenvalue weighted by Crippen LogP contribution is -2.26. The van der Waals surface area contributed by atoms with Crippen molar-refractivity contribution in [2.24, 2.45) is 0 Å². The van der Waals surface area contributed by atoms with Gasteiger partial charge < -0.3 is 19.5 Å². The van der Waals surface area contributed by atoms with Gasteiger partial charge in [-0.05, 0) is 37.3 Å². The summed E-state index contributed by atoms with van der Waals surface area (Å²) in [4.78, 5) is 30.0. The van der Waals surface area contributed by atoms with Gasteiger partial charge in [0.1, 0.15) is 11.3 Å². The van der Waals surface area contributed by atoms with Crippen molar-refractivity contribution in [3.8, 4) is 11.6 Å². The molecule has 0 aliphatic rings. The zero-order valence-electron chi connectivity index (χ0n) is 17.0. The number of anilines is 1. The number of hydrogen-bond acceptors (Lipinski definition) is 6. The van der Waals surface area contributed by atoms with Crippen LogP contribution in [-0.2, 0) is 9.53 Å². The molecular formula is C23H21ClN2O5. The number of benzene rings is 2. The standard InChI is InChI=1S/C23H21ClN2O5/c1-3-30-22-17(10-7-13-25-22)23(28)31-20(15-8-5-4-6-9-15)21(27)26-16-11-12-19(29-2)18(24)14-16/h4-14,20H,3H2,1-2H3,(H,26,27). The van der Waals surface area contributed by atoms with Crippen molar-refractivity contribution in [1.29, 1.82) is 0 Å². The Morgan fingerprint density at radius 3 is 2.55 bits per heavy atom. The van der Waals surface area contributed by atoms with E-state index in [1.165, 1.54) is 19.4 Å². The average molecular weight is 441 g/mol. The number of esters is 1. The summed E-state index contributed by atoms with van der Waals surface area (Å²) in [6.07, 6.45) is 0.306. The second-order valence-electron chi connectivity index (χ2n) is 6.32. The fraction of sp³-hybridized carbons (Fsp3) is 0.174. The Morgan fingerprint density at radius 2 is 1.87 bits per heavy atom. The molecule has 0 aliphatic heterocycles. The Hall–Kier alpha value is -3.58. The molecule has 2 aromatic carbocycles. The van der Waals surface area contributed by atoms with E-state index in [2.05, 4.69) is 10.3 Å². The average Bonchev–Trinajstić information content (AvgIpc) is 2.78. The highest BCUT2D eigenvalue weighted by Crippen LogP contribution is 2.29. The number of carbonyl (C=O) groups is 2. The smallest absolute Gasteiger partial charge is 0.344 e. The Morgan fingerprint density at radius 1 is 1.10 bits per heavy atom. The highest BCUT2D eigenvalue weighted by Gasteiger charge is 2.27. The van der Waals surface area contributed by atoms with E-state index in [0.29, 0.717) is 28.6 Å². The number of halogens is 1. The molecule has 1 amide bonds. The van der Waals surface area contributed by atoms with Gasteiger partial charge >= 0.3 is 5.97 Å². The normalized spacial score (nSPS) is 11.3. The first-order chi connectivity index (χ1) is 15.0. The number of nitrogens with one attached hydrogen (secondary N) is 1. The molecule has 3 rings (SSSR count). The second-order valence-corrected chi connectivity index (χ2v) is 6.73. The van der Waals surface area contributed by atoms with Crippen LogP contribution in [0.2, 0.25) is 5.02 Å². The Kier molecular flexibility index (Phi) is 7.45. The van der Waals surface area contributed by atoms with E-state index in [1.54, 1.807) is 61.5 Å². The topological polar surface area (TPSA) is 86.8 Å². The molecule has 1 aromatic heterocycles. The van der Waals surface area contributed by atoms with Gasteiger partial charge in [-0.2, -0.15) is 0 Å². The molecule has 1 heterocycles. The van der Waals surface area contributed by atoms with Crippen LogP contribution in [0, 0.1) is 0 Å². The van der Waals surface area contributed by atoms with Crippen molar-refractivity contribution in [3.05, 3.63) is 83.0 Å². The quantitative estimate of drug-likeness (QED) is 0.512. The van der Waals surface area contributed by atoms with Gasteiger partial charge in [-0.1, -0.05) is 41.9 Å². The number of rotatable bonds is 8. The van der Waals surface area contributed by atoms with Crippen LogP contribution in [0.4, 0.5) is 5.69 Å². The minimum Gasteiger partial charge on any atom is -0.495 e. The van der Waals surface area contributed by atoms with Crippen LogP contribution < -0.4 is 14.8 Å². The second kappa shape index (κ2) is 10.4. The minimum absolute atomic E-state index is 0.130. The van der Waals surface area contributed by atoms with E-state index in [4.69, 9.17) is 25.8 Å². The number of ether oxygens (including phenoxy) is 3. The largest absolute Gasteiger partial charge is 0.495 e. The number of pyridine rings is 1. The third-order valence-corrected chi connectivity index (χ3v) is 4.55. The molecule has 0 bridgehead atoms. The first-order valence-corrected chi connectivity index (χ1v) is 9.89. The van der Waals surface area contributed by atoms with Gasteiger partial charge in [0, 0.05) is 17.4 Å². The number of carbonyl (C=O) groups excluding carboxylic acids is 2. The Labute approximate surface area is 184 Å². The molecule has 0 spiro atoms. The maximum Gasteiger partial charge on any atom is 0.344 e. The van der Waals surface area contributed by atoms with Crippen molar-refractivity contribution < 1.29 is 23.8 Å². The molecule has 8 heteroatoms. The summed E-state index contributed by atoms with van der Waals surface area (Å²) in [7, 11) is 1.50. The van der Waals surface area contributed by atoms with Crippen LogP contribution in [0.3, 0.4) is 0 Å². The highest BCUT2D eigenvalue weighted by atomic mass is 35.5. The molecule has 0 saturated heterocycles. The van der Waals surface area contributed by atoms with Crippen LogP contribution in [0.15, 0.2) is 66.9 Å². The van der Waals surface area contributed by atoms with Crippen molar-refractivity contribution in [2.45, 2.75) is 13.0 Å². The molecule has 1 atom stereocenters. The third-order valence-electron chi connectivity index (χ3n) is 4.26. The van der Waals surface area contributed by atoms with Gasteiger partial charge in [-0.25, -0.2) is 9.78 Å². The van der Waals surface area contributed by atoms with Gasteiger partial charge in [0.05, 0.1) is 18.7 Å². The molecule has 0 fully saturated rings. The number of aromatic nitrogens is 1.